The Hall–Kier alpha value is -1.52. The molecule has 0 aliphatic heterocycles. The van der Waals surface area contributed by atoms with Gasteiger partial charge in [-0.2, -0.15) is 0 Å². The van der Waals surface area contributed by atoms with E-state index in [0.29, 0.717) is 12.1 Å². The molecule has 2 nitrogen and oxygen atoms in total. The zero-order chi connectivity index (χ0) is 12.5. The zero-order valence-electron chi connectivity index (χ0n) is 9.11. The third kappa shape index (κ3) is 2.74. The summed E-state index contributed by atoms with van der Waals surface area (Å²) in [5.41, 5.74) is -1.91. The monoisotopic (exact) mass is 232 g/mol. The molecule has 0 N–H and O–H groups in total. The molecule has 0 amide bonds. The predicted octanol–water partition coefficient (Wildman–Crippen LogP) is 3.06. The van der Waals surface area contributed by atoms with Gasteiger partial charge in [-0.25, -0.2) is 18.0 Å². The molecule has 0 radical (unpaired) electrons. The third-order valence-electron chi connectivity index (χ3n) is 1.65. The molecular formula is C11H11F3O2. The van der Waals surface area contributed by atoms with E-state index in [9.17, 15) is 18.0 Å². The highest BCUT2D eigenvalue weighted by Crippen LogP contribution is 2.19. The highest BCUT2D eigenvalue weighted by Gasteiger charge is 2.25. The summed E-state index contributed by atoms with van der Waals surface area (Å²) in [6, 6.07) is 1.29. The first kappa shape index (κ1) is 12.5. The van der Waals surface area contributed by atoms with Crippen molar-refractivity contribution in [3.05, 3.63) is 35.1 Å². The fraction of sp³-hybridized carbons (Fsp3) is 0.364. The summed E-state index contributed by atoms with van der Waals surface area (Å²) < 4.78 is 43.9. The van der Waals surface area contributed by atoms with Gasteiger partial charge in [0.15, 0.2) is 11.6 Å². The molecule has 0 aliphatic carbocycles. The lowest BCUT2D eigenvalue weighted by Crippen LogP contribution is -2.25. The Morgan fingerprint density at radius 2 is 1.62 bits per heavy atom. The molecule has 0 spiro atoms. The van der Waals surface area contributed by atoms with Crippen LogP contribution in [0.3, 0.4) is 0 Å². The minimum atomic E-state index is -1.53. The first-order valence-electron chi connectivity index (χ1n) is 4.59. The van der Waals surface area contributed by atoms with Gasteiger partial charge in [0.1, 0.15) is 17.0 Å². The van der Waals surface area contributed by atoms with E-state index >= 15 is 0 Å². The van der Waals surface area contributed by atoms with E-state index in [-0.39, 0.29) is 0 Å². The number of hydrogen-bond acceptors (Lipinski definition) is 2. The van der Waals surface area contributed by atoms with Crippen LogP contribution >= 0.6 is 0 Å². The van der Waals surface area contributed by atoms with Crippen LogP contribution in [0.2, 0.25) is 0 Å². The van der Waals surface area contributed by atoms with E-state index in [2.05, 4.69) is 0 Å². The fourth-order valence-electron chi connectivity index (χ4n) is 1.04. The van der Waals surface area contributed by atoms with Crippen molar-refractivity contribution >= 4 is 5.97 Å². The second-order valence-electron chi connectivity index (χ2n) is 4.22. The smallest absolute Gasteiger partial charge is 0.344 e. The molecule has 5 heteroatoms. The largest absolute Gasteiger partial charge is 0.456 e. The summed E-state index contributed by atoms with van der Waals surface area (Å²) in [5.74, 6) is -5.19. The van der Waals surface area contributed by atoms with Gasteiger partial charge in [-0.3, -0.25) is 0 Å². The molecular weight excluding hydrogens is 221 g/mol. The number of rotatable bonds is 1. The number of halogens is 3. The van der Waals surface area contributed by atoms with E-state index < -0.39 is 34.6 Å². The van der Waals surface area contributed by atoms with Crippen LogP contribution in [0.4, 0.5) is 13.2 Å². The Labute approximate surface area is 91.0 Å². The Bertz CT molecular complexity index is 422. The molecule has 1 aromatic rings. The van der Waals surface area contributed by atoms with Gasteiger partial charge in [-0.1, -0.05) is 0 Å². The van der Waals surface area contributed by atoms with Gasteiger partial charge < -0.3 is 4.74 Å². The molecule has 0 unspecified atom stereocenters. The van der Waals surface area contributed by atoms with Crippen molar-refractivity contribution in [3.63, 3.8) is 0 Å². The lowest BCUT2D eigenvalue weighted by Gasteiger charge is -2.19. The predicted molar refractivity (Wildman–Crippen MR) is 51.5 cm³/mol. The van der Waals surface area contributed by atoms with Crippen LogP contribution in [-0.4, -0.2) is 11.6 Å². The molecule has 88 valence electrons. The normalized spacial score (nSPS) is 11.4. The second kappa shape index (κ2) is 4.15. The van der Waals surface area contributed by atoms with Gasteiger partial charge in [0.05, 0.1) is 0 Å². The average molecular weight is 232 g/mol. The number of carbonyl (C=O) groups is 1. The van der Waals surface area contributed by atoms with Crippen molar-refractivity contribution in [1.82, 2.24) is 0 Å². The first-order valence-corrected chi connectivity index (χ1v) is 4.59. The quantitative estimate of drug-likeness (QED) is 0.549. The molecule has 0 saturated carbocycles. The van der Waals surface area contributed by atoms with Crippen LogP contribution in [0.25, 0.3) is 0 Å². The molecule has 16 heavy (non-hydrogen) atoms. The minimum absolute atomic E-state index is 0.610. The Morgan fingerprint density at radius 3 is 2.12 bits per heavy atom. The van der Waals surface area contributed by atoms with Crippen LogP contribution < -0.4 is 0 Å². The summed E-state index contributed by atoms with van der Waals surface area (Å²) >= 11 is 0. The number of hydrogen-bond donors (Lipinski definition) is 0. The molecule has 1 rings (SSSR count). The van der Waals surface area contributed by atoms with Crippen LogP contribution in [0, 0.1) is 17.5 Å². The Balaban J connectivity index is 3.14. The maximum atomic E-state index is 13.2. The second-order valence-corrected chi connectivity index (χ2v) is 4.22. The van der Waals surface area contributed by atoms with E-state index in [1.54, 1.807) is 20.8 Å². The van der Waals surface area contributed by atoms with Crippen LogP contribution in [0.5, 0.6) is 0 Å². The molecule has 0 aliphatic rings. The van der Waals surface area contributed by atoms with Gasteiger partial charge in [-0.05, 0) is 32.9 Å². The maximum Gasteiger partial charge on any atom is 0.344 e. The number of esters is 1. The highest BCUT2D eigenvalue weighted by atomic mass is 19.2. The summed E-state index contributed by atoms with van der Waals surface area (Å²) in [6.07, 6.45) is 0. The van der Waals surface area contributed by atoms with Crippen LogP contribution in [-0.2, 0) is 4.74 Å². The van der Waals surface area contributed by atoms with Crippen molar-refractivity contribution in [3.8, 4) is 0 Å². The maximum absolute atomic E-state index is 13.2. The number of carbonyl (C=O) groups excluding carboxylic acids is 1. The van der Waals surface area contributed by atoms with Crippen molar-refractivity contribution < 1.29 is 22.7 Å². The first-order chi connectivity index (χ1) is 7.22. The van der Waals surface area contributed by atoms with Crippen LogP contribution in [0.15, 0.2) is 12.1 Å². The molecule has 0 bridgehead atoms. The Kier molecular flexibility index (Phi) is 3.26. The molecule has 0 fully saturated rings. The standard InChI is InChI=1S/C11H11F3O2/c1-11(2,3)16-10(15)8-6(12)4-5-7(13)9(8)14/h4-5H,1-3H3. The number of ether oxygens (including phenoxy) is 1. The van der Waals surface area contributed by atoms with Crippen molar-refractivity contribution in [1.29, 1.82) is 0 Å². The lowest BCUT2D eigenvalue weighted by atomic mass is 10.1. The molecule has 1 aromatic carbocycles. The summed E-state index contributed by atoms with van der Waals surface area (Å²) in [6.45, 7) is 4.63. The van der Waals surface area contributed by atoms with Gasteiger partial charge in [0.2, 0.25) is 0 Å². The van der Waals surface area contributed by atoms with Crippen molar-refractivity contribution in [2.45, 2.75) is 26.4 Å². The number of benzene rings is 1. The highest BCUT2D eigenvalue weighted by molar-refractivity contribution is 5.90. The third-order valence-corrected chi connectivity index (χ3v) is 1.65. The molecule has 0 aromatic heterocycles. The average Bonchev–Trinajstić information content (AvgIpc) is 2.09. The van der Waals surface area contributed by atoms with E-state index in [1.165, 1.54) is 0 Å². The van der Waals surface area contributed by atoms with Gasteiger partial charge in [-0.15, -0.1) is 0 Å². The summed E-state index contributed by atoms with van der Waals surface area (Å²) in [5, 5.41) is 0. The van der Waals surface area contributed by atoms with E-state index in [1.807, 2.05) is 0 Å². The summed E-state index contributed by atoms with van der Waals surface area (Å²) in [7, 11) is 0. The molecule has 0 atom stereocenters. The summed E-state index contributed by atoms with van der Waals surface area (Å²) in [4.78, 5) is 11.4. The lowest BCUT2D eigenvalue weighted by molar-refractivity contribution is 0.00584. The molecule has 0 heterocycles. The van der Waals surface area contributed by atoms with Gasteiger partial charge in [0, 0.05) is 0 Å². The van der Waals surface area contributed by atoms with Crippen molar-refractivity contribution in [2.24, 2.45) is 0 Å². The minimum Gasteiger partial charge on any atom is -0.456 e. The van der Waals surface area contributed by atoms with Gasteiger partial charge >= 0.3 is 5.97 Å². The zero-order valence-corrected chi connectivity index (χ0v) is 9.11. The molecule has 0 saturated heterocycles. The fourth-order valence-corrected chi connectivity index (χ4v) is 1.04. The van der Waals surface area contributed by atoms with E-state index in [0.717, 1.165) is 0 Å². The SMILES string of the molecule is CC(C)(C)OC(=O)c1c(F)ccc(F)c1F. The van der Waals surface area contributed by atoms with Crippen LogP contribution in [0.1, 0.15) is 31.1 Å². The van der Waals surface area contributed by atoms with Gasteiger partial charge in [0.25, 0.3) is 0 Å². The topological polar surface area (TPSA) is 26.3 Å². The van der Waals surface area contributed by atoms with Crippen molar-refractivity contribution in [2.75, 3.05) is 0 Å². The van der Waals surface area contributed by atoms with E-state index in [4.69, 9.17) is 4.74 Å². The Morgan fingerprint density at radius 1 is 1.12 bits per heavy atom.